The van der Waals surface area contributed by atoms with Crippen molar-refractivity contribution in [3.8, 4) is 0 Å². The SMILES string of the molecule is Cc1ccc(NS(=O)(=O)c2ccc3c(c2)C(=O)N(c2ccc(C)cc2)[C@@H](c2cccc(Br)c2)N3Cc2ccccc2)cc1. The predicted molar refractivity (Wildman–Crippen MR) is 176 cm³/mol. The number of carbonyl (C=O) groups excluding carboxylic acids is 1. The van der Waals surface area contributed by atoms with E-state index >= 15 is 0 Å². The second-order valence-electron chi connectivity index (χ2n) is 10.7. The summed E-state index contributed by atoms with van der Waals surface area (Å²) < 4.78 is 30.6. The number of halogens is 1. The maximum atomic E-state index is 14.5. The van der Waals surface area contributed by atoms with Crippen molar-refractivity contribution < 1.29 is 13.2 Å². The summed E-state index contributed by atoms with van der Waals surface area (Å²) in [6, 6.07) is 37.8. The summed E-state index contributed by atoms with van der Waals surface area (Å²) in [5.41, 5.74) is 6.23. The third-order valence-corrected chi connectivity index (χ3v) is 9.41. The Kier molecular flexibility index (Phi) is 7.81. The van der Waals surface area contributed by atoms with Gasteiger partial charge in [-0.25, -0.2) is 8.42 Å². The van der Waals surface area contributed by atoms with Crippen molar-refractivity contribution in [1.29, 1.82) is 0 Å². The first-order valence-electron chi connectivity index (χ1n) is 13.9. The van der Waals surface area contributed by atoms with Crippen molar-refractivity contribution in [1.82, 2.24) is 0 Å². The molecule has 1 aliphatic heterocycles. The zero-order valence-corrected chi connectivity index (χ0v) is 26.1. The number of amides is 1. The number of nitrogens with zero attached hydrogens (tertiary/aromatic N) is 2. The quantitative estimate of drug-likeness (QED) is 0.192. The van der Waals surface area contributed by atoms with Crippen molar-refractivity contribution in [2.75, 3.05) is 14.5 Å². The van der Waals surface area contributed by atoms with Gasteiger partial charge in [0.1, 0.15) is 6.17 Å². The van der Waals surface area contributed by atoms with E-state index in [9.17, 15) is 13.2 Å². The minimum atomic E-state index is -3.96. The number of nitrogens with one attached hydrogen (secondary N) is 1. The lowest BCUT2D eigenvalue weighted by Gasteiger charge is -2.46. The first-order chi connectivity index (χ1) is 20.7. The number of rotatable bonds is 7. The molecule has 1 N–H and O–H groups in total. The highest BCUT2D eigenvalue weighted by atomic mass is 79.9. The molecule has 216 valence electrons. The van der Waals surface area contributed by atoms with Gasteiger partial charge in [0.2, 0.25) is 0 Å². The molecule has 5 aromatic carbocycles. The van der Waals surface area contributed by atoms with E-state index in [0.717, 1.165) is 32.4 Å². The predicted octanol–water partition coefficient (Wildman–Crippen LogP) is 8.23. The molecule has 0 aliphatic carbocycles. The largest absolute Gasteiger partial charge is 0.342 e. The third-order valence-electron chi connectivity index (χ3n) is 7.54. The molecule has 5 aromatic rings. The average molecular weight is 653 g/mol. The fourth-order valence-corrected chi connectivity index (χ4v) is 6.86. The molecule has 0 aromatic heterocycles. The van der Waals surface area contributed by atoms with Crippen LogP contribution in [0.4, 0.5) is 17.1 Å². The molecule has 0 saturated heterocycles. The van der Waals surface area contributed by atoms with Gasteiger partial charge >= 0.3 is 0 Å². The van der Waals surface area contributed by atoms with Gasteiger partial charge in [0, 0.05) is 22.4 Å². The van der Waals surface area contributed by atoms with E-state index in [2.05, 4.69) is 37.7 Å². The zero-order chi connectivity index (χ0) is 30.1. The molecule has 0 spiro atoms. The molecule has 8 heteroatoms. The monoisotopic (exact) mass is 651 g/mol. The minimum Gasteiger partial charge on any atom is -0.342 e. The van der Waals surface area contributed by atoms with Crippen LogP contribution in [0.15, 0.2) is 131 Å². The van der Waals surface area contributed by atoms with Gasteiger partial charge < -0.3 is 4.90 Å². The van der Waals surface area contributed by atoms with E-state index in [4.69, 9.17) is 0 Å². The highest BCUT2D eigenvalue weighted by Gasteiger charge is 2.40. The number of sulfonamides is 1. The van der Waals surface area contributed by atoms with Crippen molar-refractivity contribution in [3.63, 3.8) is 0 Å². The second-order valence-corrected chi connectivity index (χ2v) is 13.3. The van der Waals surface area contributed by atoms with Gasteiger partial charge in [-0.1, -0.05) is 93.8 Å². The number of aryl methyl sites for hydroxylation is 2. The van der Waals surface area contributed by atoms with Crippen LogP contribution < -0.4 is 14.5 Å². The molecule has 6 nitrogen and oxygen atoms in total. The van der Waals surface area contributed by atoms with Gasteiger partial charge in [0.15, 0.2) is 0 Å². The molecule has 0 saturated carbocycles. The van der Waals surface area contributed by atoms with Crippen LogP contribution in [0.3, 0.4) is 0 Å². The smallest absolute Gasteiger partial charge is 0.262 e. The molecular formula is C35H30BrN3O3S. The highest BCUT2D eigenvalue weighted by molar-refractivity contribution is 9.10. The summed E-state index contributed by atoms with van der Waals surface area (Å²) in [6.45, 7) is 4.44. The zero-order valence-electron chi connectivity index (χ0n) is 23.7. The summed E-state index contributed by atoms with van der Waals surface area (Å²) in [5, 5.41) is 0. The van der Waals surface area contributed by atoms with Crippen molar-refractivity contribution in [2.45, 2.75) is 31.5 Å². The van der Waals surface area contributed by atoms with Crippen LogP contribution in [0, 0.1) is 13.8 Å². The summed E-state index contributed by atoms with van der Waals surface area (Å²) in [6.07, 6.45) is -0.492. The average Bonchev–Trinajstić information content (AvgIpc) is 3.00. The lowest BCUT2D eigenvalue weighted by Crippen LogP contribution is -2.49. The van der Waals surface area contributed by atoms with Crippen LogP contribution in [0.2, 0.25) is 0 Å². The Labute approximate surface area is 260 Å². The number of hydrogen-bond acceptors (Lipinski definition) is 4. The maximum absolute atomic E-state index is 14.5. The Hall–Kier alpha value is -4.40. The number of fused-ring (bicyclic) bond motifs is 1. The standard InChI is InChI=1S/C35H30BrN3O3S/c1-24-11-15-29(16-12-24)37-43(41,42)31-19-20-33-32(22-31)35(40)39(30-17-13-25(2)14-18-30)34(27-9-6-10-28(36)21-27)38(33)23-26-7-4-3-5-8-26/h3-22,34,37H,23H2,1-2H3/t34-/m0/s1. The van der Waals surface area contributed by atoms with Crippen molar-refractivity contribution in [2.24, 2.45) is 0 Å². The van der Waals surface area contributed by atoms with E-state index in [1.807, 2.05) is 92.7 Å². The number of hydrogen-bond donors (Lipinski definition) is 1. The molecular weight excluding hydrogens is 622 g/mol. The van der Waals surface area contributed by atoms with E-state index in [0.29, 0.717) is 23.5 Å². The van der Waals surface area contributed by atoms with E-state index in [-0.39, 0.29) is 10.8 Å². The lowest BCUT2D eigenvalue weighted by molar-refractivity contribution is 0.0968. The van der Waals surface area contributed by atoms with E-state index in [1.165, 1.54) is 6.07 Å². The van der Waals surface area contributed by atoms with Gasteiger partial charge in [-0.05, 0) is 79.6 Å². The molecule has 6 rings (SSSR count). The summed E-state index contributed by atoms with van der Waals surface area (Å²) in [7, 11) is -3.96. The van der Waals surface area contributed by atoms with E-state index in [1.54, 1.807) is 29.2 Å². The van der Waals surface area contributed by atoms with Crippen LogP contribution >= 0.6 is 15.9 Å². The molecule has 1 amide bonds. The van der Waals surface area contributed by atoms with Crippen LogP contribution in [0.1, 0.15) is 38.8 Å². The summed E-state index contributed by atoms with van der Waals surface area (Å²) in [4.78, 5) is 18.5. The van der Waals surface area contributed by atoms with Gasteiger partial charge in [-0.2, -0.15) is 0 Å². The topological polar surface area (TPSA) is 69.7 Å². The van der Waals surface area contributed by atoms with Gasteiger partial charge in [-0.15, -0.1) is 0 Å². The molecule has 1 atom stereocenters. The fourth-order valence-electron chi connectivity index (χ4n) is 5.36. The van der Waals surface area contributed by atoms with Crippen LogP contribution in [-0.4, -0.2) is 14.3 Å². The maximum Gasteiger partial charge on any atom is 0.262 e. The first kappa shape index (κ1) is 28.7. The molecule has 0 radical (unpaired) electrons. The third kappa shape index (κ3) is 5.94. The molecule has 0 bridgehead atoms. The Morgan fingerprint density at radius 2 is 1.44 bits per heavy atom. The van der Waals surface area contributed by atoms with Crippen molar-refractivity contribution >= 4 is 48.9 Å². The Morgan fingerprint density at radius 1 is 0.767 bits per heavy atom. The molecule has 1 aliphatic rings. The molecule has 0 fully saturated rings. The van der Waals surface area contributed by atoms with Crippen LogP contribution in [-0.2, 0) is 16.6 Å². The van der Waals surface area contributed by atoms with Gasteiger partial charge in [-0.3, -0.25) is 14.4 Å². The minimum absolute atomic E-state index is 0.0181. The first-order valence-corrected chi connectivity index (χ1v) is 16.2. The van der Waals surface area contributed by atoms with Gasteiger partial charge in [0.05, 0.1) is 16.1 Å². The Bertz CT molecular complexity index is 1890. The molecule has 1 heterocycles. The summed E-state index contributed by atoms with van der Waals surface area (Å²) >= 11 is 3.61. The number of carbonyl (C=O) groups is 1. The van der Waals surface area contributed by atoms with Crippen LogP contribution in [0.5, 0.6) is 0 Å². The summed E-state index contributed by atoms with van der Waals surface area (Å²) in [5.74, 6) is -0.277. The lowest BCUT2D eigenvalue weighted by atomic mass is 9.99. The number of benzene rings is 5. The second kappa shape index (κ2) is 11.7. The molecule has 0 unspecified atom stereocenters. The number of anilines is 3. The fraction of sp³-hybridized carbons (Fsp3) is 0.114. The van der Waals surface area contributed by atoms with Crippen LogP contribution in [0.25, 0.3) is 0 Å². The normalized spacial score (nSPS) is 14.9. The molecule has 43 heavy (non-hydrogen) atoms. The van der Waals surface area contributed by atoms with Gasteiger partial charge in [0.25, 0.3) is 15.9 Å². The van der Waals surface area contributed by atoms with E-state index < -0.39 is 16.2 Å². The highest BCUT2D eigenvalue weighted by Crippen LogP contribution is 2.43. The Morgan fingerprint density at radius 3 is 2.12 bits per heavy atom. The Balaban J connectivity index is 1.52. The van der Waals surface area contributed by atoms with Crippen molar-refractivity contribution in [3.05, 3.63) is 154 Å².